The van der Waals surface area contributed by atoms with Crippen molar-refractivity contribution in [3.8, 4) is 17.1 Å². The van der Waals surface area contributed by atoms with Gasteiger partial charge in [-0.25, -0.2) is 9.97 Å². The fourth-order valence-corrected chi connectivity index (χ4v) is 4.56. The summed E-state index contributed by atoms with van der Waals surface area (Å²) in [5.74, 6) is 1.93. The fourth-order valence-electron chi connectivity index (χ4n) is 4.15. The van der Waals surface area contributed by atoms with Crippen LogP contribution in [-0.2, 0) is 20.7 Å². The lowest BCUT2D eigenvalue weighted by molar-refractivity contribution is 0.0482. The first-order valence-corrected chi connectivity index (χ1v) is 11.6. The number of H-pyrrole nitrogens is 1. The van der Waals surface area contributed by atoms with Crippen molar-refractivity contribution in [2.24, 2.45) is 0 Å². The topological polar surface area (TPSA) is 99.2 Å². The van der Waals surface area contributed by atoms with Crippen LogP contribution >= 0.6 is 0 Å². The molecule has 8 nitrogen and oxygen atoms in total. The van der Waals surface area contributed by atoms with Crippen LogP contribution in [0.5, 0.6) is 5.75 Å². The van der Waals surface area contributed by atoms with Crippen molar-refractivity contribution in [1.29, 1.82) is 0 Å². The summed E-state index contributed by atoms with van der Waals surface area (Å²) in [6.07, 6.45) is 7.14. The maximum Gasteiger partial charge on any atom is 0.189 e. The van der Waals surface area contributed by atoms with Gasteiger partial charge in [-0.3, -0.25) is 4.98 Å². The molecular formula is C21H25N5O3S. The second kappa shape index (κ2) is 7.11. The average molecular weight is 428 g/mol. The number of fused-ring (bicyclic) bond motifs is 4. The largest absolute Gasteiger partial charge is 0.616 e. The summed E-state index contributed by atoms with van der Waals surface area (Å²) < 4.78 is 23.9. The van der Waals surface area contributed by atoms with Gasteiger partial charge in [0, 0.05) is 23.3 Å². The quantitative estimate of drug-likeness (QED) is 0.642. The molecule has 1 saturated heterocycles. The minimum absolute atomic E-state index is 0.0910. The molecule has 158 valence electrons. The summed E-state index contributed by atoms with van der Waals surface area (Å²) in [6, 6.07) is 2.24. The number of nitrogens with one attached hydrogen (secondary N) is 1. The van der Waals surface area contributed by atoms with Crippen LogP contribution < -0.4 is 9.64 Å². The van der Waals surface area contributed by atoms with E-state index < -0.39 is 15.9 Å². The van der Waals surface area contributed by atoms with Gasteiger partial charge in [-0.05, 0) is 38.0 Å². The molecule has 0 aliphatic carbocycles. The highest BCUT2D eigenvalue weighted by Gasteiger charge is 2.43. The highest BCUT2D eigenvalue weighted by atomic mass is 32.2. The number of hydrogen-bond donors (Lipinski definition) is 1. The van der Waals surface area contributed by atoms with Crippen molar-refractivity contribution in [1.82, 2.24) is 19.9 Å². The van der Waals surface area contributed by atoms with Gasteiger partial charge in [0.2, 0.25) is 0 Å². The summed E-state index contributed by atoms with van der Waals surface area (Å²) in [6.45, 7) is 7.71. The van der Waals surface area contributed by atoms with E-state index in [2.05, 4.69) is 21.8 Å². The van der Waals surface area contributed by atoms with Gasteiger partial charge in [0.05, 0.1) is 43.3 Å². The Labute approximate surface area is 178 Å². The second-order valence-corrected chi connectivity index (χ2v) is 10.3. The first kappa shape index (κ1) is 19.6. The molecule has 0 spiro atoms. The Kier molecular flexibility index (Phi) is 4.64. The van der Waals surface area contributed by atoms with Crippen molar-refractivity contribution in [3.63, 3.8) is 0 Å². The first-order valence-electron chi connectivity index (χ1n) is 10.0. The van der Waals surface area contributed by atoms with Crippen molar-refractivity contribution in [3.05, 3.63) is 30.4 Å². The molecule has 0 amide bonds. The van der Waals surface area contributed by atoms with Crippen LogP contribution in [0.4, 0.5) is 5.82 Å². The Bertz CT molecular complexity index is 1100. The van der Waals surface area contributed by atoms with Gasteiger partial charge >= 0.3 is 0 Å². The van der Waals surface area contributed by atoms with E-state index in [1.165, 1.54) is 0 Å². The lowest BCUT2D eigenvalue weighted by Crippen LogP contribution is -2.56. The van der Waals surface area contributed by atoms with Crippen molar-refractivity contribution in [2.45, 2.75) is 37.6 Å². The highest BCUT2D eigenvalue weighted by molar-refractivity contribution is 7.91. The van der Waals surface area contributed by atoms with Crippen LogP contribution in [0.1, 0.15) is 26.5 Å². The van der Waals surface area contributed by atoms with Crippen molar-refractivity contribution >= 4 is 27.9 Å². The highest BCUT2D eigenvalue weighted by Crippen LogP contribution is 2.44. The number of anilines is 1. The van der Waals surface area contributed by atoms with Gasteiger partial charge < -0.3 is 23.9 Å². The van der Waals surface area contributed by atoms with Gasteiger partial charge in [0.25, 0.3) is 0 Å². The number of aromatic amines is 1. The molecular weight excluding hydrogens is 402 g/mol. The second-order valence-electron chi connectivity index (χ2n) is 8.40. The van der Waals surface area contributed by atoms with Gasteiger partial charge in [-0.2, -0.15) is 0 Å². The SMILES string of the molecule is C[C@@H]1COC[C@H]2COc3c(nc(-c4cncc5[nH]ccc45)nc3C(C)(C)[S+](C)[O-])N21. The monoisotopic (exact) mass is 427 g/mol. The third-order valence-corrected chi connectivity index (χ3v) is 7.69. The predicted molar refractivity (Wildman–Crippen MR) is 116 cm³/mol. The normalized spacial score (nSPS) is 22.4. The average Bonchev–Trinajstić information content (AvgIpc) is 3.21. The summed E-state index contributed by atoms with van der Waals surface area (Å²) >= 11 is -1.16. The molecule has 3 atom stereocenters. The molecule has 0 bridgehead atoms. The van der Waals surface area contributed by atoms with Crippen LogP contribution in [-0.4, -0.2) is 62.6 Å². The van der Waals surface area contributed by atoms with E-state index in [1.807, 2.05) is 26.1 Å². The van der Waals surface area contributed by atoms with Gasteiger partial charge in [0.1, 0.15) is 12.3 Å². The molecule has 2 aliphatic rings. The number of pyridine rings is 1. The molecule has 3 aromatic rings. The minimum atomic E-state index is -1.16. The van der Waals surface area contributed by atoms with E-state index >= 15 is 0 Å². The molecule has 5 heterocycles. The number of nitrogens with zero attached hydrogens (tertiary/aromatic N) is 4. The number of hydrogen-bond acceptors (Lipinski definition) is 7. The zero-order chi connectivity index (χ0) is 21.0. The molecule has 3 aromatic heterocycles. The van der Waals surface area contributed by atoms with E-state index in [0.29, 0.717) is 37.1 Å². The Morgan fingerprint density at radius 1 is 1.23 bits per heavy atom. The number of aromatic nitrogens is 4. The van der Waals surface area contributed by atoms with Crippen LogP contribution in [0, 0.1) is 0 Å². The third-order valence-electron chi connectivity index (χ3n) is 6.06. The molecule has 9 heteroatoms. The van der Waals surface area contributed by atoms with E-state index in [-0.39, 0.29) is 12.1 Å². The van der Waals surface area contributed by atoms with Crippen LogP contribution in [0.15, 0.2) is 24.7 Å². The molecule has 1 N–H and O–H groups in total. The third kappa shape index (κ3) is 2.95. The lowest BCUT2D eigenvalue weighted by Gasteiger charge is -2.45. The number of ether oxygens (including phenoxy) is 2. The maximum absolute atomic E-state index is 12.7. The number of rotatable bonds is 3. The van der Waals surface area contributed by atoms with E-state index in [9.17, 15) is 4.55 Å². The standard InChI is InChI=1S/C21H25N5O3S/c1-12-9-28-10-13-11-29-17-18(21(2,3)30(4)27)24-19(25-20(17)26(12)13)15-7-22-8-16-14(15)5-6-23-16/h5-8,12-13,23H,9-11H2,1-4H3/t12-,13+,30?/m1/s1. The Hall–Kier alpha value is -2.36. The van der Waals surface area contributed by atoms with Gasteiger partial charge in [0.15, 0.2) is 22.1 Å². The van der Waals surface area contributed by atoms with Gasteiger partial charge in [-0.1, -0.05) is 0 Å². The predicted octanol–water partition coefficient (Wildman–Crippen LogP) is 2.62. The molecule has 2 aliphatic heterocycles. The maximum atomic E-state index is 12.7. The zero-order valence-corrected chi connectivity index (χ0v) is 18.3. The minimum Gasteiger partial charge on any atom is -0.616 e. The van der Waals surface area contributed by atoms with Crippen LogP contribution in [0.25, 0.3) is 22.3 Å². The van der Waals surface area contributed by atoms with Crippen molar-refractivity contribution in [2.75, 3.05) is 31.0 Å². The fraction of sp³-hybridized carbons (Fsp3) is 0.476. The molecule has 0 saturated carbocycles. The summed E-state index contributed by atoms with van der Waals surface area (Å²) in [7, 11) is 0. The Morgan fingerprint density at radius 2 is 2.07 bits per heavy atom. The van der Waals surface area contributed by atoms with Crippen LogP contribution in [0.2, 0.25) is 0 Å². The molecule has 1 unspecified atom stereocenters. The summed E-state index contributed by atoms with van der Waals surface area (Å²) in [4.78, 5) is 19.7. The van der Waals surface area contributed by atoms with Crippen LogP contribution in [0.3, 0.4) is 0 Å². The smallest absolute Gasteiger partial charge is 0.189 e. The lowest BCUT2D eigenvalue weighted by atomic mass is 10.0. The molecule has 0 aromatic carbocycles. The van der Waals surface area contributed by atoms with Gasteiger partial charge in [-0.15, -0.1) is 0 Å². The Balaban J connectivity index is 1.77. The van der Waals surface area contributed by atoms with E-state index in [0.717, 1.165) is 22.3 Å². The first-order chi connectivity index (χ1) is 14.4. The van der Waals surface area contributed by atoms with E-state index in [1.54, 1.807) is 18.6 Å². The number of morpholine rings is 1. The zero-order valence-electron chi connectivity index (χ0n) is 17.5. The molecule has 1 fully saturated rings. The Morgan fingerprint density at radius 3 is 2.87 bits per heavy atom. The molecule has 30 heavy (non-hydrogen) atoms. The molecule has 5 rings (SSSR count). The summed E-state index contributed by atoms with van der Waals surface area (Å²) in [5.41, 5.74) is 2.41. The van der Waals surface area contributed by atoms with Crippen molar-refractivity contribution < 1.29 is 14.0 Å². The summed E-state index contributed by atoms with van der Waals surface area (Å²) in [5, 5.41) is 0.995. The van der Waals surface area contributed by atoms with E-state index in [4.69, 9.17) is 19.4 Å². The molecule has 0 radical (unpaired) electrons.